The number of nitrogens with zero attached hydrogens (tertiary/aromatic N) is 2. The molecule has 1 fully saturated rings. The molecule has 2 atom stereocenters. The number of aliphatic hydroxyl groups is 5. The quantitative estimate of drug-likeness (QED) is 0.283. The molecular formula is C20H32N2O9. The Bertz CT molecular complexity index is 695. The van der Waals surface area contributed by atoms with Crippen molar-refractivity contribution in [2.24, 2.45) is 0 Å². The highest BCUT2D eigenvalue weighted by Gasteiger charge is 2.30. The maximum absolute atomic E-state index is 12.5. The Morgan fingerprint density at radius 3 is 2.35 bits per heavy atom. The number of carbonyl (C=O) groups is 1. The topological polar surface area (TPSA) is 152 Å². The summed E-state index contributed by atoms with van der Waals surface area (Å²) in [6.45, 7) is 1.58. The number of methoxy groups -OCH3 is 1. The number of rotatable bonds is 8. The summed E-state index contributed by atoms with van der Waals surface area (Å²) in [4.78, 5) is 16.7. The molecule has 0 bridgehead atoms. The fraction of sp³-hybridized carbons (Fsp3) is 0.650. The zero-order valence-corrected chi connectivity index (χ0v) is 17.8. The van der Waals surface area contributed by atoms with Gasteiger partial charge in [-0.25, -0.2) is 4.79 Å². The molecule has 0 aliphatic carbocycles. The van der Waals surface area contributed by atoms with Gasteiger partial charge in [0.15, 0.2) is 17.6 Å². The molecule has 2 rings (SSSR count). The molecule has 2 aliphatic rings. The van der Waals surface area contributed by atoms with Crippen LogP contribution in [0.4, 0.5) is 0 Å². The zero-order chi connectivity index (χ0) is 23.0. The summed E-state index contributed by atoms with van der Waals surface area (Å²) in [5.74, 6) is -2.07. The summed E-state index contributed by atoms with van der Waals surface area (Å²) < 4.78 is 15.9. The Morgan fingerprint density at radius 1 is 1.16 bits per heavy atom. The Labute approximate surface area is 181 Å². The molecular weight excluding hydrogens is 412 g/mol. The van der Waals surface area contributed by atoms with Gasteiger partial charge in [-0.05, 0) is 13.1 Å². The number of piperazine rings is 1. The van der Waals surface area contributed by atoms with Crippen LogP contribution in [0.15, 0.2) is 35.0 Å². The molecule has 11 heteroatoms. The first-order chi connectivity index (χ1) is 14.8. The summed E-state index contributed by atoms with van der Waals surface area (Å²) >= 11 is 0. The largest absolute Gasteiger partial charge is 0.504 e. The lowest BCUT2D eigenvalue weighted by atomic mass is 10.1. The van der Waals surface area contributed by atoms with E-state index in [2.05, 4.69) is 4.90 Å². The Morgan fingerprint density at radius 2 is 1.81 bits per heavy atom. The molecule has 176 valence electrons. The fourth-order valence-electron chi connectivity index (χ4n) is 3.27. The second-order valence-electron chi connectivity index (χ2n) is 7.43. The summed E-state index contributed by atoms with van der Waals surface area (Å²) in [7, 11) is 3.25. The summed E-state index contributed by atoms with van der Waals surface area (Å²) in [5, 5.41) is 49.6. The average molecular weight is 444 g/mol. The van der Waals surface area contributed by atoms with E-state index in [9.17, 15) is 30.3 Å². The molecule has 2 aliphatic heterocycles. The Balaban J connectivity index is 2.41. The average Bonchev–Trinajstić information content (AvgIpc) is 2.75. The van der Waals surface area contributed by atoms with E-state index >= 15 is 0 Å². The zero-order valence-electron chi connectivity index (χ0n) is 17.8. The minimum Gasteiger partial charge on any atom is -0.504 e. The molecule has 31 heavy (non-hydrogen) atoms. The number of ether oxygens (including phenoxy) is 3. The van der Waals surface area contributed by atoms with Crippen molar-refractivity contribution in [3.8, 4) is 0 Å². The third-order valence-corrected chi connectivity index (χ3v) is 5.13. The molecule has 5 N–H and O–H groups in total. The molecule has 2 unspecified atom stereocenters. The van der Waals surface area contributed by atoms with Crippen molar-refractivity contribution in [1.29, 1.82) is 0 Å². The second-order valence-corrected chi connectivity index (χ2v) is 7.43. The van der Waals surface area contributed by atoms with Crippen molar-refractivity contribution in [3.05, 3.63) is 35.0 Å². The van der Waals surface area contributed by atoms with Gasteiger partial charge in [0.1, 0.15) is 12.2 Å². The summed E-state index contributed by atoms with van der Waals surface area (Å²) in [5.41, 5.74) is 0.186. The first-order valence-electron chi connectivity index (χ1n) is 10.0. The van der Waals surface area contributed by atoms with Gasteiger partial charge in [-0.15, -0.1) is 0 Å². The van der Waals surface area contributed by atoms with Crippen molar-refractivity contribution in [2.45, 2.75) is 18.3 Å². The van der Waals surface area contributed by atoms with E-state index in [0.717, 1.165) is 38.3 Å². The maximum Gasteiger partial charge on any atom is 0.331 e. The molecule has 0 aromatic rings. The highest BCUT2D eigenvalue weighted by atomic mass is 16.6. The molecule has 0 aromatic carbocycles. The number of esters is 1. The molecule has 1 saturated heterocycles. The normalized spacial score (nSPS) is 26.3. The van der Waals surface area contributed by atoms with Gasteiger partial charge >= 0.3 is 5.97 Å². The number of carbonyl (C=O) groups excluding carboxylic acids is 1. The third-order valence-electron chi connectivity index (χ3n) is 5.13. The van der Waals surface area contributed by atoms with Gasteiger partial charge in [0.05, 0.1) is 26.9 Å². The highest BCUT2D eigenvalue weighted by molar-refractivity contribution is 5.84. The van der Waals surface area contributed by atoms with E-state index < -0.39 is 55.6 Å². The van der Waals surface area contributed by atoms with Crippen LogP contribution in [0, 0.1) is 0 Å². The molecule has 0 saturated carbocycles. The minimum atomic E-state index is -1.24. The minimum absolute atomic E-state index is 0.186. The number of aliphatic hydroxyl groups excluding tert-OH is 5. The standard InChI is InChI=1S/C20H32N2O9/c1-21-3-5-22(6-4-21)9-13-7-18(27)31-17(12-25)16(30-14(10-23)11-24)8-15(26)20(29-2)19(13)28/h7-8,14,16-17,23-26,28H,3-6,9-12H2,1-2H3/b13-7+,15-8?,20-19?. The van der Waals surface area contributed by atoms with Crippen molar-refractivity contribution in [2.75, 3.05) is 66.7 Å². The molecule has 11 nitrogen and oxygen atoms in total. The van der Waals surface area contributed by atoms with E-state index in [1.54, 1.807) is 0 Å². The maximum atomic E-state index is 12.5. The molecule has 0 spiro atoms. The predicted octanol–water partition coefficient (Wildman–Crippen LogP) is -1.33. The highest BCUT2D eigenvalue weighted by Crippen LogP contribution is 2.24. The van der Waals surface area contributed by atoms with Crippen LogP contribution in [-0.2, 0) is 19.0 Å². The van der Waals surface area contributed by atoms with Gasteiger partial charge in [0.2, 0.25) is 5.76 Å². The van der Waals surface area contributed by atoms with E-state index in [0.29, 0.717) is 0 Å². The van der Waals surface area contributed by atoms with E-state index in [1.807, 2.05) is 11.9 Å². The fourth-order valence-corrected chi connectivity index (χ4v) is 3.27. The second kappa shape index (κ2) is 12.0. The van der Waals surface area contributed by atoms with Gasteiger partial charge in [-0.1, -0.05) is 0 Å². The molecule has 0 aromatic heterocycles. The Hall–Kier alpha value is -2.15. The molecule has 0 amide bonds. The monoisotopic (exact) mass is 444 g/mol. The van der Waals surface area contributed by atoms with Crippen LogP contribution in [0.25, 0.3) is 0 Å². The first kappa shape index (κ1) is 25.1. The molecule has 0 radical (unpaired) electrons. The van der Waals surface area contributed by atoms with Crippen LogP contribution in [0.3, 0.4) is 0 Å². The van der Waals surface area contributed by atoms with Gasteiger partial charge in [-0.3, -0.25) is 4.90 Å². The van der Waals surface area contributed by atoms with E-state index in [-0.39, 0.29) is 17.9 Å². The summed E-state index contributed by atoms with van der Waals surface area (Å²) in [6.07, 6.45) is -1.35. The third kappa shape index (κ3) is 6.92. The molecule has 2 heterocycles. The van der Waals surface area contributed by atoms with Crippen molar-refractivity contribution >= 4 is 5.97 Å². The van der Waals surface area contributed by atoms with Gasteiger partial charge in [-0.2, -0.15) is 0 Å². The van der Waals surface area contributed by atoms with Crippen LogP contribution in [0.1, 0.15) is 0 Å². The number of hydrogen-bond donors (Lipinski definition) is 5. The predicted molar refractivity (Wildman–Crippen MR) is 109 cm³/mol. The van der Waals surface area contributed by atoms with Crippen molar-refractivity contribution in [1.82, 2.24) is 9.80 Å². The van der Waals surface area contributed by atoms with Crippen LogP contribution in [0.5, 0.6) is 0 Å². The number of cyclic esters (lactones) is 1. The first-order valence-corrected chi connectivity index (χ1v) is 10.0. The van der Waals surface area contributed by atoms with Gasteiger partial charge in [0, 0.05) is 44.4 Å². The van der Waals surface area contributed by atoms with E-state index in [1.165, 1.54) is 7.11 Å². The van der Waals surface area contributed by atoms with Crippen LogP contribution < -0.4 is 0 Å². The number of likely N-dealkylation sites (N-methyl/N-ethyl adjacent to an activating group) is 1. The van der Waals surface area contributed by atoms with E-state index in [4.69, 9.17) is 14.2 Å². The lowest BCUT2D eigenvalue weighted by Crippen LogP contribution is -2.45. The van der Waals surface area contributed by atoms with Crippen LogP contribution in [0.2, 0.25) is 0 Å². The van der Waals surface area contributed by atoms with Crippen molar-refractivity contribution in [3.63, 3.8) is 0 Å². The van der Waals surface area contributed by atoms with Crippen molar-refractivity contribution < 1.29 is 44.5 Å². The lowest BCUT2D eigenvalue weighted by molar-refractivity contribution is -0.158. The summed E-state index contributed by atoms with van der Waals surface area (Å²) in [6, 6.07) is 0. The Kier molecular flexibility index (Phi) is 9.75. The lowest BCUT2D eigenvalue weighted by Gasteiger charge is -2.33. The van der Waals surface area contributed by atoms with Crippen LogP contribution >= 0.6 is 0 Å². The van der Waals surface area contributed by atoms with Gasteiger partial charge in [0.25, 0.3) is 0 Å². The smallest absolute Gasteiger partial charge is 0.331 e. The SMILES string of the molecule is COC1=C(O)/C(CN2CCN(C)CC2)=C/C(=O)OC(CO)C(OC(CO)CO)C=C1O. The van der Waals surface area contributed by atoms with Gasteiger partial charge < -0.3 is 44.6 Å². The number of hydrogen-bond acceptors (Lipinski definition) is 11. The van der Waals surface area contributed by atoms with Crippen LogP contribution in [-0.4, -0.2) is 126 Å².